The normalized spacial score (nSPS) is 11.6. The number of methoxy groups -OCH3 is 1. The number of esters is 2. The average Bonchev–Trinajstić information content (AvgIpc) is 2.93. The highest BCUT2D eigenvalue weighted by Gasteiger charge is 2.22. The molecule has 7 heteroatoms. The highest BCUT2D eigenvalue weighted by atomic mass is 32.1. The molecule has 1 atom stereocenters. The molecular formula is C20H23NO5S. The van der Waals surface area contributed by atoms with Gasteiger partial charge in [0.1, 0.15) is 5.00 Å². The molecule has 2 rings (SSSR count). The second kappa shape index (κ2) is 9.32. The van der Waals surface area contributed by atoms with Gasteiger partial charge in [-0.2, -0.15) is 0 Å². The molecule has 1 aromatic carbocycles. The molecule has 2 aromatic rings. The molecule has 0 aliphatic heterocycles. The number of hydrogen-bond acceptors (Lipinski definition) is 6. The number of hydrogen-bond donors (Lipinski definition) is 1. The molecule has 144 valence electrons. The summed E-state index contributed by atoms with van der Waals surface area (Å²) >= 11 is 1.28. The van der Waals surface area contributed by atoms with Crippen molar-refractivity contribution in [3.8, 4) is 0 Å². The molecule has 0 aliphatic carbocycles. The molecule has 0 saturated heterocycles. The standard InChI is InChI=1S/C20H23NO5S/c1-12(15-8-6-5-7-9-15)10-17(23)26-11-16(22)21-19-18(20(24)25-4)13(2)14(3)27-19/h5-9,12H,10-11H2,1-4H3,(H,21,22)/t12-/m0/s1. The summed E-state index contributed by atoms with van der Waals surface area (Å²) < 4.78 is 9.84. The molecule has 1 heterocycles. The van der Waals surface area contributed by atoms with Crippen LogP contribution in [0.25, 0.3) is 0 Å². The van der Waals surface area contributed by atoms with Crippen molar-refractivity contribution in [1.29, 1.82) is 0 Å². The van der Waals surface area contributed by atoms with Crippen molar-refractivity contribution in [3.05, 3.63) is 51.9 Å². The minimum absolute atomic E-state index is 0.00437. The Morgan fingerprint density at radius 3 is 2.44 bits per heavy atom. The lowest BCUT2D eigenvalue weighted by Crippen LogP contribution is -2.22. The molecular weight excluding hydrogens is 366 g/mol. The van der Waals surface area contributed by atoms with Crippen molar-refractivity contribution in [3.63, 3.8) is 0 Å². The van der Waals surface area contributed by atoms with Crippen LogP contribution in [0, 0.1) is 13.8 Å². The van der Waals surface area contributed by atoms with Gasteiger partial charge in [-0.05, 0) is 30.9 Å². The number of thiophene rings is 1. The lowest BCUT2D eigenvalue weighted by molar-refractivity contribution is -0.147. The second-order valence-electron chi connectivity index (χ2n) is 6.20. The Bertz CT molecular complexity index is 828. The van der Waals surface area contributed by atoms with Crippen LogP contribution in [-0.4, -0.2) is 31.6 Å². The average molecular weight is 389 g/mol. The first kappa shape index (κ1) is 20.6. The number of benzene rings is 1. The summed E-state index contributed by atoms with van der Waals surface area (Å²) in [5.74, 6) is -1.47. The summed E-state index contributed by atoms with van der Waals surface area (Å²) in [6, 6.07) is 9.62. The van der Waals surface area contributed by atoms with E-state index in [0.29, 0.717) is 10.6 Å². The maximum Gasteiger partial charge on any atom is 0.341 e. The van der Waals surface area contributed by atoms with Crippen molar-refractivity contribution in [1.82, 2.24) is 0 Å². The van der Waals surface area contributed by atoms with Crippen molar-refractivity contribution in [2.24, 2.45) is 0 Å². The van der Waals surface area contributed by atoms with E-state index >= 15 is 0 Å². The molecule has 1 N–H and O–H groups in total. The first-order valence-corrected chi connectivity index (χ1v) is 9.33. The molecule has 0 aliphatic rings. The monoisotopic (exact) mass is 389 g/mol. The van der Waals surface area contributed by atoms with Crippen LogP contribution < -0.4 is 5.32 Å². The minimum atomic E-state index is -0.513. The van der Waals surface area contributed by atoms with Crippen LogP contribution in [0.4, 0.5) is 5.00 Å². The number of amides is 1. The minimum Gasteiger partial charge on any atom is -0.465 e. The van der Waals surface area contributed by atoms with Gasteiger partial charge in [0, 0.05) is 4.88 Å². The Kier molecular flexibility index (Phi) is 7.12. The third-order valence-electron chi connectivity index (χ3n) is 4.23. The molecule has 0 saturated carbocycles. The molecule has 0 radical (unpaired) electrons. The van der Waals surface area contributed by atoms with Gasteiger partial charge >= 0.3 is 11.9 Å². The van der Waals surface area contributed by atoms with Gasteiger partial charge in [-0.3, -0.25) is 9.59 Å². The number of nitrogens with one attached hydrogen (secondary N) is 1. The fraction of sp³-hybridized carbons (Fsp3) is 0.350. The van der Waals surface area contributed by atoms with Crippen LogP contribution in [0.2, 0.25) is 0 Å². The van der Waals surface area contributed by atoms with Crippen LogP contribution in [0.5, 0.6) is 0 Å². The molecule has 1 amide bonds. The van der Waals surface area contributed by atoms with Gasteiger partial charge in [-0.1, -0.05) is 37.3 Å². The molecule has 0 bridgehead atoms. The van der Waals surface area contributed by atoms with Gasteiger partial charge in [0.15, 0.2) is 6.61 Å². The van der Waals surface area contributed by atoms with Crippen LogP contribution in [0.3, 0.4) is 0 Å². The highest BCUT2D eigenvalue weighted by molar-refractivity contribution is 7.16. The Labute approximate surface area is 162 Å². The van der Waals surface area contributed by atoms with Crippen LogP contribution >= 0.6 is 11.3 Å². The second-order valence-corrected chi connectivity index (χ2v) is 7.43. The number of carbonyl (C=O) groups excluding carboxylic acids is 3. The highest BCUT2D eigenvalue weighted by Crippen LogP contribution is 2.32. The van der Waals surface area contributed by atoms with E-state index in [1.165, 1.54) is 18.4 Å². The van der Waals surface area contributed by atoms with Crippen LogP contribution in [-0.2, 0) is 19.1 Å². The molecule has 6 nitrogen and oxygen atoms in total. The maximum absolute atomic E-state index is 12.1. The van der Waals surface area contributed by atoms with E-state index < -0.39 is 24.5 Å². The zero-order valence-corrected chi connectivity index (χ0v) is 16.6. The van der Waals surface area contributed by atoms with Gasteiger partial charge in [-0.15, -0.1) is 11.3 Å². The van der Waals surface area contributed by atoms with E-state index in [1.807, 2.05) is 44.2 Å². The predicted octanol–water partition coefficient (Wildman–Crippen LogP) is 3.83. The lowest BCUT2D eigenvalue weighted by atomic mass is 9.98. The van der Waals surface area contributed by atoms with Crippen molar-refractivity contribution >= 4 is 34.2 Å². The van der Waals surface area contributed by atoms with Gasteiger partial charge in [0.05, 0.1) is 19.1 Å². The van der Waals surface area contributed by atoms with Gasteiger partial charge in [0.2, 0.25) is 0 Å². The summed E-state index contributed by atoms with van der Waals surface area (Å²) in [5.41, 5.74) is 2.12. The van der Waals surface area contributed by atoms with E-state index in [9.17, 15) is 14.4 Å². The topological polar surface area (TPSA) is 81.7 Å². The smallest absolute Gasteiger partial charge is 0.341 e. The van der Waals surface area contributed by atoms with E-state index in [0.717, 1.165) is 16.0 Å². The van der Waals surface area contributed by atoms with E-state index in [1.54, 1.807) is 6.92 Å². The molecule has 27 heavy (non-hydrogen) atoms. The Morgan fingerprint density at radius 2 is 1.81 bits per heavy atom. The Morgan fingerprint density at radius 1 is 1.15 bits per heavy atom. The maximum atomic E-state index is 12.1. The van der Waals surface area contributed by atoms with Gasteiger partial charge < -0.3 is 14.8 Å². The van der Waals surface area contributed by atoms with E-state index in [2.05, 4.69) is 5.32 Å². The van der Waals surface area contributed by atoms with E-state index in [4.69, 9.17) is 9.47 Å². The largest absolute Gasteiger partial charge is 0.465 e. The third kappa shape index (κ3) is 5.40. The Hall–Kier alpha value is -2.67. The van der Waals surface area contributed by atoms with Crippen molar-refractivity contribution in [2.75, 3.05) is 19.0 Å². The van der Waals surface area contributed by atoms with Crippen LogP contribution in [0.1, 0.15) is 45.6 Å². The van der Waals surface area contributed by atoms with Crippen molar-refractivity contribution < 1.29 is 23.9 Å². The summed E-state index contributed by atoms with van der Waals surface area (Å²) in [4.78, 5) is 36.9. The first-order valence-electron chi connectivity index (χ1n) is 8.52. The quantitative estimate of drug-likeness (QED) is 0.728. The van der Waals surface area contributed by atoms with Gasteiger partial charge in [-0.25, -0.2) is 4.79 Å². The number of anilines is 1. The molecule has 1 aromatic heterocycles. The van der Waals surface area contributed by atoms with Crippen molar-refractivity contribution in [2.45, 2.75) is 33.1 Å². The van der Waals surface area contributed by atoms with E-state index in [-0.39, 0.29) is 12.3 Å². The zero-order chi connectivity index (χ0) is 20.0. The number of aryl methyl sites for hydroxylation is 1. The SMILES string of the molecule is COC(=O)c1c(NC(=O)COC(=O)C[C@H](C)c2ccccc2)sc(C)c1C. The van der Waals surface area contributed by atoms with Gasteiger partial charge in [0.25, 0.3) is 5.91 Å². The first-order chi connectivity index (χ1) is 12.8. The summed E-state index contributed by atoms with van der Waals surface area (Å²) in [6.07, 6.45) is 0.182. The number of carbonyl (C=O) groups is 3. The predicted molar refractivity (Wildman–Crippen MR) is 104 cm³/mol. The fourth-order valence-corrected chi connectivity index (χ4v) is 3.64. The third-order valence-corrected chi connectivity index (χ3v) is 5.36. The zero-order valence-electron chi connectivity index (χ0n) is 15.8. The summed E-state index contributed by atoms with van der Waals surface area (Å²) in [7, 11) is 1.29. The number of ether oxygens (including phenoxy) is 2. The fourth-order valence-electron chi connectivity index (χ4n) is 2.58. The molecule has 0 fully saturated rings. The number of rotatable bonds is 7. The summed E-state index contributed by atoms with van der Waals surface area (Å²) in [5, 5.41) is 3.03. The molecule has 0 unspecified atom stereocenters. The van der Waals surface area contributed by atoms with Crippen LogP contribution in [0.15, 0.2) is 30.3 Å². The Balaban J connectivity index is 1.90. The lowest BCUT2D eigenvalue weighted by Gasteiger charge is -2.11. The summed E-state index contributed by atoms with van der Waals surface area (Å²) in [6.45, 7) is 5.17. The molecule has 0 spiro atoms.